The number of carboxylic acid groups (broad SMARTS) is 1. The van der Waals surface area contributed by atoms with Crippen molar-refractivity contribution in [2.24, 2.45) is 0 Å². The van der Waals surface area contributed by atoms with Gasteiger partial charge in [0.25, 0.3) is 0 Å². The quantitative estimate of drug-likeness (QED) is 0.742. The molecule has 0 fully saturated rings. The monoisotopic (exact) mass is 272 g/mol. The Hall–Kier alpha value is -2.96. The van der Waals surface area contributed by atoms with Crippen LogP contribution in [0.4, 0.5) is 10.3 Å². The highest BCUT2D eigenvalue weighted by Crippen LogP contribution is 2.27. The van der Waals surface area contributed by atoms with E-state index in [0.717, 1.165) is 0 Å². The summed E-state index contributed by atoms with van der Waals surface area (Å²) in [6.45, 7) is 0. The van der Waals surface area contributed by atoms with Crippen LogP contribution in [0.5, 0.6) is 0 Å². The second kappa shape index (κ2) is 4.30. The Balaban J connectivity index is 2.35. The van der Waals surface area contributed by atoms with Crippen LogP contribution in [0.1, 0.15) is 10.4 Å². The zero-order chi connectivity index (χ0) is 14.3. The van der Waals surface area contributed by atoms with Crippen molar-refractivity contribution >= 4 is 17.6 Å². The van der Waals surface area contributed by atoms with Crippen molar-refractivity contribution in [3.63, 3.8) is 0 Å². The number of aromatic nitrogens is 3. The standard InChI is InChI=1S/C13H9FN4O2/c14-10-4-2-1-3-7(10)9-6-18-11(16-13(15)17-18)5-8(9)12(19)20/h1-6H,(H2,15,17)(H,19,20). The highest BCUT2D eigenvalue weighted by Gasteiger charge is 2.17. The fraction of sp³-hybridized carbons (Fsp3) is 0. The molecule has 0 bridgehead atoms. The molecule has 0 unspecified atom stereocenters. The number of carboxylic acids is 1. The Morgan fingerprint density at radius 3 is 2.75 bits per heavy atom. The van der Waals surface area contributed by atoms with Crippen LogP contribution in [-0.2, 0) is 0 Å². The van der Waals surface area contributed by atoms with Crippen molar-refractivity contribution in [3.05, 3.63) is 47.9 Å². The zero-order valence-corrected chi connectivity index (χ0v) is 10.1. The molecule has 0 amide bonds. The number of anilines is 1. The Bertz CT molecular complexity index is 828. The predicted octanol–water partition coefficient (Wildman–Crippen LogP) is 1.82. The summed E-state index contributed by atoms with van der Waals surface area (Å²) in [5.74, 6) is -1.67. The van der Waals surface area contributed by atoms with Crippen molar-refractivity contribution in [2.75, 3.05) is 5.73 Å². The highest BCUT2D eigenvalue weighted by atomic mass is 19.1. The van der Waals surface area contributed by atoms with Crippen molar-refractivity contribution in [1.82, 2.24) is 14.6 Å². The number of hydrogen-bond donors (Lipinski definition) is 2. The first-order valence-corrected chi connectivity index (χ1v) is 5.70. The maximum absolute atomic E-state index is 13.9. The van der Waals surface area contributed by atoms with Crippen LogP contribution < -0.4 is 5.73 Å². The summed E-state index contributed by atoms with van der Waals surface area (Å²) in [6.07, 6.45) is 1.40. The number of aromatic carboxylic acids is 1. The first kappa shape index (κ1) is 12.1. The fourth-order valence-corrected chi connectivity index (χ4v) is 2.02. The molecule has 0 aliphatic heterocycles. The molecule has 20 heavy (non-hydrogen) atoms. The first-order valence-electron chi connectivity index (χ1n) is 5.70. The molecule has 3 aromatic rings. The largest absolute Gasteiger partial charge is 0.478 e. The third-order valence-electron chi connectivity index (χ3n) is 2.88. The van der Waals surface area contributed by atoms with E-state index in [0.29, 0.717) is 5.65 Å². The van der Waals surface area contributed by atoms with Gasteiger partial charge in [0.15, 0.2) is 5.65 Å². The van der Waals surface area contributed by atoms with Crippen molar-refractivity contribution < 1.29 is 14.3 Å². The molecule has 1 aromatic carbocycles. The summed E-state index contributed by atoms with van der Waals surface area (Å²) < 4.78 is 15.2. The van der Waals surface area contributed by atoms with E-state index >= 15 is 0 Å². The molecule has 2 aromatic heterocycles. The second-order valence-electron chi connectivity index (χ2n) is 4.16. The van der Waals surface area contributed by atoms with Gasteiger partial charge in [-0.05, 0) is 12.1 Å². The number of rotatable bonds is 2. The van der Waals surface area contributed by atoms with Crippen LogP contribution in [0.2, 0.25) is 0 Å². The molecule has 0 spiro atoms. The predicted molar refractivity (Wildman–Crippen MR) is 69.8 cm³/mol. The Morgan fingerprint density at radius 2 is 2.05 bits per heavy atom. The van der Waals surface area contributed by atoms with Gasteiger partial charge in [-0.15, -0.1) is 5.10 Å². The molecule has 3 N–H and O–H groups in total. The van der Waals surface area contributed by atoms with E-state index in [9.17, 15) is 14.3 Å². The zero-order valence-electron chi connectivity index (χ0n) is 10.1. The van der Waals surface area contributed by atoms with Crippen LogP contribution in [0.15, 0.2) is 36.5 Å². The van der Waals surface area contributed by atoms with Crippen LogP contribution in [0.3, 0.4) is 0 Å². The van der Waals surface area contributed by atoms with E-state index in [-0.39, 0.29) is 22.6 Å². The van der Waals surface area contributed by atoms with Crippen LogP contribution in [0, 0.1) is 5.82 Å². The SMILES string of the molecule is Nc1nc2cc(C(=O)O)c(-c3ccccc3F)cn2n1. The number of fused-ring (bicyclic) bond motifs is 1. The summed E-state index contributed by atoms with van der Waals surface area (Å²) in [4.78, 5) is 15.2. The molecular weight excluding hydrogens is 263 g/mol. The summed E-state index contributed by atoms with van der Waals surface area (Å²) in [5.41, 5.74) is 6.10. The fourth-order valence-electron chi connectivity index (χ4n) is 2.02. The second-order valence-corrected chi connectivity index (χ2v) is 4.16. The minimum absolute atomic E-state index is 0.0204. The Morgan fingerprint density at radius 1 is 1.30 bits per heavy atom. The van der Waals surface area contributed by atoms with Gasteiger partial charge in [-0.2, -0.15) is 4.98 Å². The normalized spacial score (nSPS) is 10.8. The molecule has 3 rings (SSSR count). The van der Waals surface area contributed by atoms with Crippen molar-refractivity contribution in [2.45, 2.75) is 0 Å². The van der Waals surface area contributed by atoms with Gasteiger partial charge in [-0.25, -0.2) is 13.7 Å². The van der Waals surface area contributed by atoms with Gasteiger partial charge < -0.3 is 10.8 Å². The number of benzene rings is 1. The third-order valence-corrected chi connectivity index (χ3v) is 2.88. The first-order chi connectivity index (χ1) is 9.56. The smallest absolute Gasteiger partial charge is 0.336 e. The van der Waals surface area contributed by atoms with Gasteiger partial charge in [-0.3, -0.25) is 0 Å². The molecule has 0 saturated heterocycles. The number of carbonyl (C=O) groups is 1. The average molecular weight is 272 g/mol. The minimum atomic E-state index is -1.17. The van der Waals surface area contributed by atoms with Crippen LogP contribution >= 0.6 is 0 Å². The number of halogens is 1. The van der Waals surface area contributed by atoms with Gasteiger partial charge in [0.2, 0.25) is 5.95 Å². The topological polar surface area (TPSA) is 93.5 Å². The molecule has 7 heteroatoms. The van der Waals surface area contributed by atoms with Gasteiger partial charge in [-0.1, -0.05) is 18.2 Å². The van der Waals surface area contributed by atoms with Gasteiger partial charge >= 0.3 is 5.97 Å². The molecule has 0 saturated carbocycles. The lowest BCUT2D eigenvalue weighted by molar-refractivity contribution is 0.0697. The molecule has 0 atom stereocenters. The number of pyridine rings is 1. The van der Waals surface area contributed by atoms with E-state index < -0.39 is 11.8 Å². The third kappa shape index (κ3) is 1.85. The summed E-state index contributed by atoms with van der Waals surface area (Å²) >= 11 is 0. The van der Waals surface area contributed by atoms with Gasteiger partial charge in [0, 0.05) is 17.3 Å². The molecule has 100 valence electrons. The molecule has 0 radical (unpaired) electrons. The molecule has 0 aliphatic carbocycles. The average Bonchev–Trinajstić information content (AvgIpc) is 2.77. The van der Waals surface area contributed by atoms with Crippen molar-refractivity contribution in [3.8, 4) is 11.1 Å². The molecule has 6 nitrogen and oxygen atoms in total. The lowest BCUT2D eigenvalue weighted by Gasteiger charge is -2.07. The Labute approximate surface area is 112 Å². The molecule has 0 aliphatic rings. The summed E-state index contributed by atoms with van der Waals surface area (Å²) in [7, 11) is 0. The Kier molecular flexibility index (Phi) is 2.60. The van der Waals surface area contributed by atoms with E-state index in [2.05, 4.69) is 10.1 Å². The van der Waals surface area contributed by atoms with E-state index in [4.69, 9.17) is 5.73 Å². The number of hydrogen-bond acceptors (Lipinski definition) is 4. The van der Waals surface area contributed by atoms with E-state index in [1.807, 2.05) is 0 Å². The number of nitrogens with zero attached hydrogens (tertiary/aromatic N) is 3. The highest BCUT2D eigenvalue weighted by molar-refractivity contribution is 5.97. The van der Waals surface area contributed by atoms with Gasteiger partial charge in [0.1, 0.15) is 5.82 Å². The molecule has 2 heterocycles. The lowest BCUT2D eigenvalue weighted by Crippen LogP contribution is -2.03. The van der Waals surface area contributed by atoms with Crippen LogP contribution in [-0.4, -0.2) is 25.7 Å². The van der Waals surface area contributed by atoms with Gasteiger partial charge in [0.05, 0.1) is 5.56 Å². The summed E-state index contributed by atoms with van der Waals surface area (Å²) in [6, 6.07) is 7.24. The molecular formula is C13H9FN4O2. The van der Waals surface area contributed by atoms with E-state index in [1.165, 1.54) is 35.0 Å². The number of nitrogens with two attached hydrogens (primary N) is 1. The summed E-state index contributed by atoms with van der Waals surface area (Å²) in [5, 5.41) is 13.2. The minimum Gasteiger partial charge on any atom is -0.478 e. The van der Waals surface area contributed by atoms with Crippen LogP contribution in [0.25, 0.3) is 16.8 Å². The maximum Gasteiger partial charge on any atom is 0.336 e. The maximum atomic E-state index is 13.9. The van der Waals surface area contributed by atoms with Crippen molar-refractivity contribution in [1.29, 1.82) is 0 Å². The number of nitrogen functional groups attached to an aromatic ring is 1. The van der Waals surface area contributed by atoms with E-state index in [1.54, 1.807) is 6.07 Å². The lowest BCUT2D eigenvalue weighted by atomic mass is 10.0.